The fourth-order valence-electron chi connectivity index (χ4n) is 5.89. The summed E-state index contributed by atoms with van der Waals surface area (Å²) in [6.45, 7) is 5.77. The molecule has 0 radical (unpaired) electrons. The maximum Gasteiger partial charge on any atom is -0.00247 e. The Morgan fingerprint density at radius 3 is 1.13 bits per heavy atom. The molecule has 45 heavy (non-hydrogen) atoms. The second kappa shape index (κ2) is 38.8. The van der Waals surface area contributed by atoms with Crippen LogP contribution in [0.4, 0.5) is 0 Å². The highest BCUT2D eigenvalue weighted by Gasteiger charge is 2.01. The topological polar surface area (TPSA) is 3.24 Å². The molecule has 0 aliphatic heterocycles. The molecule has 0 aromatic heterocycles. The van der Waals surface area contributed by atoms with Gasteiger partial charge in [0.1, 0.15) is 0 Å². The van der Waals surface area contributed by atoms with E-state index in [1.54, 1.807) is 5.57 Å². The van der Waals surface area contributed by atoms with Gasteiger partial charge in [-0.15, -0.1) is 0 Å². The molecule has 0 aromatic rings. The highest BCUT2D eigenvalue weighted by Crippen LogP contribution is 2.20. The Labute approximate surface area is 285 Å². The molecular formula is C44H81N. The maximum atomic E-state index is 2.63. The first-order valence-electron chi connectivity index (χ1n) is 20.1. The van der Waals surface area contributed by atoms with E-state index in [0.29, 0.717) is 0 Å². The van der Waals surface area contributed by atoms with E-state index in [4.69, 9.17) is 0 Å². The third-order valence-corrected chi connectivity index (χ3v) is 8.89. The van der Waals surface area contributed by atoms with Gasteiger partial charge in [0.05, 0.1) is 0 Å². The molecule has 262 valence electrons. The van der Waals surface area contributed by atoms with Gasteiger partial charge in [-0.05, 0) is 130 Å². The van der Waals surface area contributed by atoms with Gasteiger partial charge < -0.3 is 4.90 Å². The Hall–Kier alpha value is -1.34. The van der Waals surface area contributed by atoms with Crippen LogP contribution < -0.4 is 0 Å². The molecule has 0 bridgehead atoms. The second-order valence-electron chi connectivity index (χ2n) is 13.8. The summed E-state index contributed by atoms with van der Waals surface area (Å²) in [6.07, 6.45) is 60.4. The van der Waals surface area contributed by atoms with Gasteiger partial charge >= 0.3 is 0 Å². The van der Waals surface area contributed by atoms with E-state index in [1.807, 2.05) is 0 Å². The molecule has 0 rings (SSSR count). The Morgan fingerprint density at radius 1 is 0.378 bits per heavy atom. The summed E-state index contributed by atoms with van der Waals surface area (Å²) in [5.74, 6) is 0. The van der Waals surface area contributed by atoms with E-state index >= 15 is 0 Å². The first-order chi connectivity index (χ1) is 22.2. The van der Waals surface area contributed by atoms with Crippen molar-refractivity contribution >= 4 is 0 Å². The molecule has 0 aliphatic rings. The van der Waals surface area contributed by atoms with Crippen molar-refractivity contribution in [3.05, 3.63) is 60.3 Å². The van der Waals surface area contributed by atoms with E-state index in [2.05, 4.69) is 87.5 Å². The van der Waals surface area contributed by atoms with Crippen molar-refractivity contribution in [2.75, 3.05) is 20.6 Å². The van der Waals surface area contributed by atoms with Crippen LogP contribution >= 0.6 is 0 Å². The van der Waals surface area contributed by atoms with Gasteiger partial charge in [-0.2, -0.15) is 0 Å². The second-order valence-corrected chi connectivity index (χ2v) is 13.8. The highest BCUT2D eigenvalue weighted by atomic mass is 15.0. The van der Waals surface area contributed by atoms with Crippen molar-refractivity contribution < 1.29 is 0 Å². The summed E-state index contributed by atoms with van der Waals surface area (Å²) in [5.41, 5.74) is 1.77. The van der Waals surface area contributed by atoms with Crippen LogP contribution in [0.5, 0.6) is 0 Å². The van der Waals surface area contributed by atoms with E-state index in [0.717, 1.165) is 12.8 Å². The van der Waals surface area contributed by atoms with Crippen LogP contribution in [0, 0.1) is 0 Å². The molecule has 0 unspecified atom stereocenters. The zero-order valence-electron chi connectivity index (χ0n) is 31.4. The number of rotatable bonds is 35. The van der Waals surface area contributed by atoms with Crippen LogP contribution in [-0.4, -0.2) is 25.5 Å². The van der Waals surface area contributed by atoms with E-state index in [-0.39, 0.29) is 0 Å². The first kappa shape index (κ1) is 43.7. The van der Waals surface area contributed by atoms with Gasteiger partial charge in [-0.25, -0.2) is 0 Å². The smallest absolute Gasteiger partial charge is 0.00247 e. The fraction of sp³-hybridized carbons (Fsp3) is 0.773. The number of nitrogens with zero attached hydrogens (tertiary/aromatic N) is 1. The molecule has 0 heterocycles. The van der Waals surface area contributed by atoms with Gasteiger partial charge in [0.25, 0.3) is 0 Å². The zero-order chi connectivity index (χ0) is 32.7. The third-order valence-electron chi connectivity index (χ3n) is 8.89. The van der Waals surface area contributed by atoms with Crippen LogP contribution in [0.3, 0.4) is 0 Å². The van der Waals surface area contributed by atoms with Gasteiger partial charge in [0, 0.05) is 0 Å². The maximum absolute atomic E-state index is 2.63. The lowest BCUT2D eigenvalue weighted by Crippen LogP contribution is -2.12. The average molecular weight is 624 g/mol. The monoisotopic (exact) mass is 624 g/mol. The normalized spacial score (nSPS) is 12.9. The van der Waals surface area contributed by atoms with Crippen LogP contribution in [0.25, 0.3) is 0 Å². The molecule has 0 saturated carbocycles. The van der Waals surface area contributed by atoms with Crippen molar-refractivity contribution in [1.29, 1.82) is 0 Å². The summed E-state index contributed by atoms with van der Waals surface area (Å²) in [7, 11) is 4.39. The Balaban J connectivity index is 3.94. The van der Waals surface area contributed by atoms with E-state index < -0.39 is 0 Å². The van der Waals surface area contributed by atoms with Crippen molar-refractivity contribution in [3.63, 3.8) is 0 Å². The van der Waals surface area contributed by atoms with Crippen molar-refractivity contribution in [3.8, 4) is 0 Å². The largest absolute Gasteiger partial charge is 0.309 e. The van der Waals surface area contributed by atoms with Crippen molar-refractivity contribution in [2.24, 2.45) is 0 Å². The third kappa shape index (κ3) is 38.8. The molecule has 0 spiro atoms. The zero-order valence-corrected chi connectivity index (χ0v) is 31.4. The summed E-state index contributed by atoms with van der Waals surface area (Å²) in [5, 5.41) is 0. The summed E-state index contributed by atoms with van der Waals surface area (Å²) < 4.78 is 0. The predicted octanol–water partition coefficient (Wildman–Crippen LogP) is 15.1. The molecular weight excluding hydrogens is 542 g/mol. The number of allylic oxidation sites excluding steroid dienone is 10. The summed E-state index contributed by atoms with van der Waals surface area (Å²) >= 11 is 0. The molecule has 0 atom stereocenters. The number of hydrogen-bond acceptors (Lipinski definition) is 1. The van der Waals surface area contributed by atoms with Crippen molar-refractivity contribution in [1.82, 2.24) is 4.90 Å². The number of unbranched alkanes of at least 4 members (excludes halogenated alkanes) is 20. The quantitative estimate of drug-likeness (QED) is 0.0501. The SMILES string of the molecule is CCCCCC=CCC=CCCCCCCCC/C(=C/CCCCN(C)C)CCCCCCCC/C=C\C/C=C\CCCCC. The van der Waals surface area contributed by atoms with Gasteiger partial charge in [-0.1, -0.05) is 151 Å². The first-order valence-corrected chi connectivity index (χ1v) is 20.1. The van der Waals surface area contributed by atoms with Crippen molar-refractivity contribution in [2.45, 2.75) is 200 Å². The standard InChI is InChI=1S/C44H81N/c1-5-7-9-11-13-15-17-19-21-23-25-27-29-31-33-36-40-44(42-38-35-39-43-45(3)4)41-37-34-32-30-28-26-24-22-20-18-16-14-12-10-8-6-2/h13-16,19-22,42H,5-12,17-18,23-41,43H2,1-4H3/b15-13-,16-14?,21-19-,22-20?,44-42+. The number of hydrogen-bond donors (Lipinski definition) is 0. The summed E-state index contributed by atoms with van der Waals surface area (Å²) in [6, 6.07) is 0. The lowest BCUT2D eigenvalue weighted by molar-refractivity contribution is 0.395. The fourth-order valence-corrected chi connectivity index (χ4v) is 5.89. The van der Waals surface area contributed by atoms with Crippen LogP contribution in [0.1, 0.15) is 200 Å². The molecule has 1 heteroatoms. The molecule has 0 saturated heterocycles. The van der Waals surface area contributed by atoms with Gasteiger partial charge in [-0.3, -0.25) is 0 Å². The molecule has 0 aromatic carbocycles. The lowest BCUT2D eigenvalue weighted by Gasteiger charge is -2.10. The minimum atomic E-state index is 1.12. The Morgan fingerprint density at radius 2 is 0.733 bits per heavy atom. The average Bonchev–Trinajstić information content (AvgIpc) is 3.03. The molecule has 0 amide bonds. The Kier molecular flexibility index (Phi) is 37.7. The molecule has 0 aliphatic carbocycles. The van der Waals surface area contributed by atoms with Crippen LogP contribution in [0.15, 0.2) is 60.3 Å². The minimum absolute atomic E-state index is 1.12. The van der Waals surface area contributed by atoms with E-state index in [9.17, 15) is 0 Å². The van der Waals surface area contributed by atoms with Gasteiger partial charge in [0.15, 0.2) is 0 Å². The molecule has 1 nitrogen and oxygen atoms in total. The minimum Gasteiger partial charge on any atom is -0.309 e. The Bertz CT molecular complexity index is 656. The molecule has 0 fully saturated rings. The van der Waals surface area contributed by atoms with Crippen LogP contribution in [-0.2, 0) is 0 Å². The van der Waals surface area contributed by atoms with Crippen LogP contribution in [0.2, 0.25) is 0 Å². The predicted molar refractivity (Wildman–Crippen MR) is 208 cm³/mol. The summed E-state index contributed by atoms with van der Waals surface area (Å²) in [4.78, 5) is 2.32. The highest BCUT2D eigenvalue weighted by molar-refractivity contribution is 5.02. The van der Waals surface area contributed by atoms with E-state index in [1.165, 1.54) is 180 Å². The lowest BCUT2D eigenvalue weighted by atomic mass is 9.98. The van der Waals surface area contributed by atoms with Gasteiger partial charge in [0.2, 0.25) is 0 Å². The molecule has 0 N–H and O–H groups in total.